The van der Waals surface area contributed by atoms with E-state index in [2.05, 4.69) is 10.6 Å². The average Bonchev–Trinajstić information content (AvgIpc) is 2.43. The molecule has 1 fully saturated rings. The van der Waals surface area contributed by atoms with Crippen molar-refractivity contribution in [3.05, 3.63) is 0 Å². The molecule has 0 bridgehead atoms. The molecule has 1 aliphatic heterocycles. The lowest BCUT2D eigenvalue weighted by atomic mass is 10.2. The topological polar surface area (TPSA) is 108 Å². The van der Waals surface area contributed by atoms with Gasteiger partial charge in [0.25, 0.3) is 0 Å². The van der Waals surface area contributed by atoms with E-state index in [-0.39, 0.29) is 18.9 Å². The average molecular weight is 287 g/mol. The molecule has 1 saturated heterocycles. The molecule has 114 valence electrons. The Morgan fingerprint density at radius 2 is 1.95 bits per heavy atom. The van der Waals surface area contributed by atoms with Crippen molar-refractivity contribution in [2.24, 2.45) is 0 Å². The van der Waals surface area contributed by atoms with E-state index in [1.54, 1.807) is 11.8 Å². The van der Waals surface area contributed by atoms with Gasteiger partial charge in [0.1, 0.15) is 6.04 Å². The Morgan fingerprint density at radius 3 is 2.55 bits per heavy atom. The van der Waals surface area contributed by atoms with E-state index < -0.39 is 18.0 Å². The predicted octanol–water partition coefficient (Wildman–Crippen LogP) is -0.602. The highest BCUT2D eigenvalue weighted by Gasteiger charge is 2.23. The second-order valence-corrected chi connectivity index (χ2v) is 4.56. The maximum Gasteiger partial charge on any atom is 0.315 e. The van der Waals surface area contributed by atoms with Crippen LogP contribution in [-0.2, 0) is 14.3 Å². The standard InChI is InChI=1S/C12H21N3O5/c1-9(11(18)15-5-7-20-8-6-15)14-12(19)13-4-2-3-10(16)17/h9H,2-8H2,1H3,(H,16,17)(H2,13,14,19). The van der Waals surface area contributed by atoms with Crippen molar-refractivity contribution in [2.75, 3.05) is 32.8 Å². The third-order valence-electron chi connectivity index (χ3n) is 2.89. The number of urea groups is 1. The van der Waals surface area contributed by atoms with Crippen molar-refractivity contribution in [1.82, 2.24) is 15.5 Å². The van der Waals surface area contributed by atoms with Crippen LogP contribution in [0.4, 0.5) is 4.79 Å². The minimum Gasteiger partial charge on any atom is -0.481 e. The van der Waals surface area contributed by atoms with E-state index in [0.717, 1.165) is 0 Å². The van der Waals surface area contributed by atoms with Crippen molar-refractivity contribution in [1.29, 1.82) is 0 Å². The van der Waals surface area contributed by atoms with Crippen LogP contribution < -0.4 is 10.6 Å². The van der Waals surface area contributed by atoms with Crippen LogP contribution in [0.5, 0.6) is 0 Å². The summed E-state index contributed by atoms with van der Waals surface area (Å²) in [6.07, 6.45) is 0.358. The highest BCUT2D eigenvalue weighted by molar-refractivity contribution is 5.86. The van der Waals surface area contributed by atoms with Crippen LogP contribution in [-0.4, -0.2) is 66.8 Å². The molecule has 0 aromatic rings. The number of amides is 3. The van der Waals surface area contributed by atoms with Crippen molar-refractivity contribution >= 4 is 17.9 Å². The van der Waals surface area contributed by atoms with Crippen LogP contribution in [0, 0.1) is 0 Å². The molecular weight excluding hydrogens is 266 g/mol. The highest BCUT2D eigenvalue weighted by atomic mass is 16.5. The van der Waals surface area contributed by atoms with Gasteiger partial charge in [0, 0.05) is 26.1 Å². The third-order valence-corrected chi connectivity index (χ3v) is 2.89. The summed E-state index contributed by atoms with van der Waals surface area (Å²) in [6, 6.07) is -1.09. The molecule has 1 atom stereocenters. The van der Waals surface area contributed by atoms with Gasteiger partial charge in [-0.1, -0.05) is 0 Å². The first-order valence-corrected chi connectivity index (χ1v) is 6.63. The fourth-order valence-electron chi connectivity index (χ4n) is 1.81. The Labute approximate surface area is 117 Å². The zero-order valence-corrected chi connectivity index (χ0v) is 11.6. The van der Waals surface area contributed by atoms with Gasteiger partial charge in [-0.15, -0.1) is 0 Å². The van der Waals surface area contributed by atoms with E-state index in [0.29, 0.717) is 32.7 Å². The first-order chi connectivity index (χ1) is 9.50. The van der Waals surface area contributed by atoms with E-state index in [9.17, 15) is 14.4 Å². The maximum absolute atomic E-state index is 12.0. The lowest BCUT2D eigenvalue weighted by molar-refractivity contribution is -0.137. The van der Waals surface area contributed by atoms with Gasteiger partial charge < -0.3 is 25.4 Å². The Hall–Kier alpha value is -1.83. The van der Waals surface area contributed by atoms with Gasteiger partial charge in [-0.05, 0) is 13.3 Å². The van der Waals surface area contributed by atoms with Gasteiger partial charge in [0.15, 0.2) is 0 Å². The number of morpholine rings is 1. The minimum absolute atomic E-state index is 0.00252. The summed E-state index contributed by atoms with van der Waals surface area (Å²) in [5.74, 6) is -1.04. The monoisotopic (exact) mass is 287 g/mol. The SMILES string of the molecule is CC(NC(=O)NCCCC(=O)O)C(=O)N1CCOCC1. The molecule has 1 unspecified atom stereocenters. The van der Waals surface area contributed by atoms with E-state index in [1.807, 2.05) is 0 Å². The van der Waals surface area contributed by atoms with Gasteiger partial charge in [-0.3, -0.25) is 9.59 Å². The number of ether oxygens (including phenoxy) is 1. The summed E-state index contributed by atoms with van der Waals surface area (Å²) in [5.41, 5.74) is 0. The molecule has 20 heavy (non-hydrogen) atoms. The number of aliphatic carboxylic acids is 1. The molecule has 0 radical (unpaired) electrons. The quantitative estimate of drug-likeness (QED) is 0.565. The van der Waals surface area contributed by atoms with Crippen molar-refractivity contribution in [3.8, 4) is 0 Å². The fraction of sp³-hybridized carbons (Fsp3) is 0.750. The molecule has 8 nitrogen and oxygen atoms in total. The second-order valence-electron chi connectivity index (χ2n) is 4.56. The number of carbonyl (C=O) groups is 3. The smallest absolute Gasteiger partial charge is 0.315 e. The number of rotatable bonds is 6. The summed E-state index contributed by atoms with van der Waals surface area (Å²) >= 11 is 0. The van der Waals surface area contributed by atoms with Crippen molar-refractivity contribution in [2.45, 2.75) is 25.8 Å². The second kappa shape index (κ2) is 8.36. The van der Waals surface area contributed by atoms with Gasteiger partial charge in [0.2, 0.25) is 5.91 Å². The van der Waals surface area contributed by atoms with Crippen LogP contribution in [0.25, 0.3) is 0 Å². The molecule has 0 aromatic heterocycles. The minimum atomic E-state index is -0.900. The fourth-order valence-corrected chi connectivity index (χ4v) is 1.81. The molecule has 0 saturated carbocycles. The summed E-state index contributed by atoms with van der Waals surface area (Å²) < 4.78 is 5.15. The Bertz CT molecular complexity index is 355. The number of hydrogen-bond acceptors (Lipinski definition) is 4. The van der Waals surface area contributed by atoms with Crippen LogP contribution >= 0.6 is 0 Å². The molecule has 3 amide bonds. The summed E-state index contributed by atoms with van der Waals surface area (Å²) in [7, 11) is 0. The largest absolute Gasteiger partial charge is 0.481 e. The number of carbonyl (C=O) groups excluding carboxylic acids is 2. The summed E-state index contributed by atoms with van der Waals surface area (Å²) in [5, 5.41) is 13.5. The van der Waals surface area contributed by atoms with Crippen LogP contribution in [0.2, 0.25) is 0 Å². The van der Waals surface area contributed by atoms with Gasteiger partial charge in [0.05, 0.1) is 13.2 Å². The molecule has 8 heteroatoms. The lowest BCUT2D eigenvalue weighted by Crippen LogP contribution is -2.52. The third kappa shape index (κ3) is 5.87. The zero-order valence-electron chi connectivity index (χ0n) is 11.6. The van der Waals surface area contributed by atoms with Gasteiger partial charge in [-0.2, -0.15) is 0 Å². The first kappa shape index (κ1) is 16.2. The van der Waals surface area contributed by atoms with Crippen molar-refractivity contribution in [3.63, 3.8) is 0 Å². The van der Waals surface area contributed by atoms with Gasteiger partial charge in [-0.25, -0.2) is 4.79 Å². The van der Waals surface area contributed by atoms with Crippen LogP contribution in [0.1, 0.15) is 19.8 Å². The van der Waals surface area contributed by atoms with Crippen molar-refractivity contribution < 1.29 is 24.2 Å². The van der Waals surface area contributed by atoms with Crippen LogP contribution in [0.15, 0.2) is 0 Å². The number of carboxylic acid groups (broad SMARTS) is 1. The molecule has 1 heterocycles. The lowest BCUT2D eigenvalue weighted by Gasteiger charge is -2.29. The van der Waals surface area contributed by atoms with E-state index in [1.165, 1.54) is 0 Å². The summed E-state index contributed by atoms with van der Waals surface area (Å²) in [6.45, 7) is 3.97. The van der Waals surface area contributed by atoms with E-state index >= 15 is 0 Å². The maximum atomic E-state index is 12.0. The molecule has 1 aliphatic rings. The Morgan fingerprint density at radius 1 is 1.30 bits per heavy atom. The number of carboxylic acids is 1. The molecule has 0 spiro atoms. The highest BCUT2D eigenvalue weighted by Crippen LogP contribution is 2.00. The Kier molecular flexibility index (Phi) is 6.78. The zero-order chi connectivity index (χ0) is 15.0. The molecule has 0 aliphatic carbocycles. The molecule has 3 N–H and O–H groups in total. The number of nitrogens with zero attached hydrogens (tertiary/aromatic N) is 1. The van der Waals surface area contributed by atoms with Gasteiger partial charge >= 0.3 is 12.0 Å². The van der Waals surface area contributed by atoms with E-state index in [4.69, 9.17) is 9.84 Å². The summed E-state index contributed by atoms with van der Waals surface area (Å²) in [4.78, 5) is 35.5. The van der Waals surface area contributed by atoms with Crippen LogP contribution in [0.3, 0.4) is 0 Å². The molecular formula is C12H21N3O5. The Balaban J connectivity index is 2.22. The normalized spacial score (nSPS) is 16.4. The number of hydrogen-bond donors (Lipinski definition) is 3. The molecule has 1 rings (SSSR count). The first-order valence-electron chi connectivity index (χ1n) is 6.63. The predicted molar refractivity (Wildman–Crippen MR) is 70.3 cm³/mol. The number of nitrogens with one attached hydrogen (secondary N) is 2. The molecule has 0 aromatic carbocycles.